The summed E-state index contributed by atoms with van der Waals surface area (Å²) in [5.41, 5.74) is 9.72. The van der Waals surface area contributed by atoms with Gasteiger partial charge >= 0.3 is 0 Å². The van der Waals surface area contributed by atoms with Crippen LogP contribution in [0.15, 0.2) is 60.8 Å². The fraction of sp³-hybridized carbons (Fsp3) is 0.304. The number of primary amides is 1. The molecule has 1 aliphatic rings. The zero-order chi connectivity index (χ0) is 20.2. The number of aromatic nitrogens is 2. The maximum Gasteiger partial charge on any atom is 0.254 e. The van der Waals surface area contributed by atoms with Crippen LogP contribution in [0.2, 0.25) is 0 Å². The van der Waals surface area contributed by atoms with Crippen LogP contribution in [0.3, 0.4) is 0 Å². The molecule has 0 unspecified atom stereocenters. The summed E-state index contributed by atoms with van der Waals surface area (Å²) in [6.45, 7) is 2.96. The first-order valence-electron chi connectivity index (χ1n) is 10.1. The van der Waals surface area contributed by atoms with Gasteiger partial charge in [0.2, 0.25) is 0 Å². The minimum absolute atomic E-state index is 0.298. The fourth-order valence-corrected chi connectivity index (χ4v) is 3.98. The van der Waals surface area contributed by atoms with Gasteiger partial charge in [0.1, 0.15) is 5.56 Å². The number of likely N-dealkylation sites (tertiary alicyclic amines) is 1. The van der Waals surface area contributed by atoms with Crippen LogP contribution in [-0.2, 0) is 6.54 Å². The Morgan fingerprint density at radius 3 is 2.31 bits per heavy atom. The number of hydrogen-bond acceptors (Lipinski definition) is 4. The second kappa shape index (κ2) is 8.49. The lowest BCUT2D eigenvalue weighted by molar-refractivity contribution is 0.100. The van der Waals surface area contributed by atoms with Gasteiger partial charge in [-0.3, -0.25) is 14.4 Å². The Balaban J connectivity index is 1.35. The van der Waals surface area contributed by atoms with Crippen LogP contribution in [0.5, 0.6) is 0 Å². The Kier molecular flexibility index (Phi) is 5.62. The van der Waals surface area contributed by atoms with Crippen LogP contribution in [0.1, 0.15) is 34.8 Å². The lowest BCUT2D eigenvalue weighted by Gasteiger charge is -2.32. The number of rotatable bonds is 6. The Hall–Kier alpha value is -3.12. The second-order valence-corrected chi connectivity index (χ2v) is 7.56. The molecule has 6 heteroatoms. The van der Waals surface area contributed by atoms with Gasteiger partial charge in [0.15, 0.2) is 5.82 Å². The van der Waals surface area contributed by atoms with Crippen molar-refractivity contribution in [2.75, 3.05) is 25.5 Å². The highest BCUT2D eigenvalue weighted by Crippen LogP contribution is 2.26. The van der Waals surface area contributed by atoms with Crippen LogP contribution in [0.4, 0.5) is 5.82 Å². The number of nitrogens with zero attached hydrogens (tertiary/aromatic N) is 3. The van der Waals surface area contributed by atoms with Crippen molar-refractivity contribution in [2.24, 2.45) is 5.73 Å². The maximum absolute atomic E-state index is 11.6. The van der Waals surface area contributed by atoms with Gasteiger partial charge in [-0.2, -0.15) is 5.10 Å². The fourth-order valence-electron chi connectivity index (χ4n) is 3.98. The zero-order valence-corrected chi connectivity index (χ0v) is 16.7. The first-order chi connectivity index (χ1) is 14.1. The van der Waals surface area contributed by atoms with Crippen molar-refractivity contribution < 1.29 is 4.79 Å². The minimum atomic E-state index is -0.447. The molecule has 1 aliphatic heterocycles. The molecule has 0 atom stereocenters. The summed E-state index contributed by atoms with van der Waals surface area (Å²) in [4.78, 5) is 14.0. The van der Waals surface area contributed by atoms with Gasteiger partial charge in [0.05, 0.1) is 6.04 Å². The van der Waals surface area contributed by atoms with E-state index in [4.69, 9.17) is 5.73 Å². The summed E-state index contributed by atoms with van der Waals surface area (Å²) in [5.74, 6) is 0.107. The predicted octanol–water partition coefficient (Wildman–Crippen LogP) is 3.53. The summed E-state index contributed by atoms with van der Waals surface area (Å²) in [5, 5.41) is 7.46. The van der Waals surface area contributed by atoms with E-state index < -0.39 is 5.91 Å². The Morgan fingerprint density at radius 1 is 1.07 bits per heavy atom. The molecule has 1 amide bonds. The van der Waals surface area contributed by atoms with Gasteiger partial charge in [-0.1, -0.05) is 54.6 Å². The predicted molar refractivity (Wildman–Crippen MR) is 116 cm³/mol. The van der Waals surface area contributed by atoms with Crippen molar-refractivity contribution in [3.05, 3.63) is 71.9 Å². The summed E-state index contributed by atoms with van der Waals surface area (Å²) in [7, 11) is 1.75. The van der Waals surface area contributed by atoms with Crippen LogP contribution in [-0.4, -0.2) is 40.7 Å². The van der Waals surface area contributed by atoms with Crippen LogP contribution < -0.4 is 11.1 Å². The normalized spacial score (nSPS) is 15.3. The monoisotopic (exact) mass is 389 g/mol. The largest absolute Gasteiger partial charge is 0.371 e. The summed E-state index contributed by atoms with van der Waals surface area (Å²) in [6, 6.07) is 19.6. The van der Waals surface area contributed by atoms with E-state index in [9.17, 15) is 4.79 Å². The molecule has 0 radical (unpaired) electrons. The second-order valence-electron chi connectivity index (χ2n) is 7.56. The summed E-state index contributed by atoms with van der Waals surface area (Å²) in [6.07, 6.45) is 3.78. The number of benzene rings is 2. The van der Waals surface area contributed by atoms with Crippen LogP contribution in [0, 0.1) is 0 Å². The molecular formula is C23H27N5O. The van der Waals surface area contributed by atoms with Crippen molar-refractivity contribution in [2.45, 2.75) is 25.4 Å². The van der Waals surface area contributed by atoms with Crippen LogP contribution >= 0.6 is 0 Å². The van der Waals surface area contributed by atoms with Gasteiger partial charge in [-0.05, 0) is 29.5 Å². The topological polar surface area (TPSA) is 76.2 Å². The first kappa shape index (κ1) is 19.2. The van der Waals surface area contributed by atoms with E-state index in [1.54, 1.807) is 13.2 Å². The third-order valence-electron chi connectivity index (χ3n) is 5.63. The minimum Gasteiger partial charge on any atom is -0.371 e. The maximum atomic E-state index is 11.6. The standard InChI is InChI=1S/C23H27N5O/c1-25-23-21(22(24)29)16-28(26-23)20-11-13-27(14-12-20)15-17-7-9-19(10-8-17)18-5-3-2-4-6-18/h2-10,16,20H,11-15H2,1H3,(H2,24,29)(H,25,26). The number of nitrogens with two attached hydrogens (primary N) is 1. The highest BCUT2D eigenvalue weighted by atomic mass is 16.1. The number of piperidine rings is 1. The highest BCUT2D eigenvalue weighted by molar-refractivity contribution is 5.97. The molecule has 0 aliphatic carbocycles. The molecule has 6 nitrogen and oxygen atoms in total. The molecular weight excluding hydrogens is 362 g/mol. The average Bonchev–Trinajstić information content (AvgIpc) is 3.20. The molecule has 2 heterocycles. The molecule has 1 saturated heterocycles. The number of amides is 1. The smallest absolute Gasteiger partial charge is 0.254 e. The molecule has 2 aromatic carbocycles. The molecule has 0 saturated carbocycles. The quantitative estimate of drug-likeness (QED) is 0.676. The van der Waals surface area contributed by atoms with Crippen molar-refractivity contribution in [3.8, 4) is 11.1 Å². The van der Waals surface area contributed by atoms with E-state index >= 15 is 0 Å². The van der Waals surface area contributed by atoms with Crippen molar-refractivity contribution in [1.82, 2.24) is 14.7 Å². The number of hydrogen-bond donors (Lipinski definition) is 2. The van der Waals surface area contributed by atoms with E-state index in [-0.39, 0.29) is 0 Å². The molecule has 29 heavy (non-hydrogen) atoms. The van der Waals surface area contributed by atoms with E-state index in [0.29, 0.717) is 17.4 Å². The SMILES string of the molecule is CNc1nn(C2CCN(Cc3ccc(-c4ccccc4)cc3)CC2)cc1C(N)=O. The summed E-state index contributed by atoms with van der Waals surface area (Å²) < 4.78 is 1.90. The molecule has 150 valence electrons. The highest BCUT2D eigenvalue weighted by Gasteiger charge is 2.23. The number of nitrogens with one attached hydrogen (secondary N) is 1. The molecule has 3 aromatic rings. The molecule has 0 bridgehead atoms. The Labute approximate surface area is 171 Å². The zero-order valence-electron chi connectivity index (χ0n) is 16.7. The lowest BCUT2D eigenvalue weighted by Crippen LogP contribution is -2.34. The van der Waals surface area contributed by atoms with Crippen molar-refractivity contribution in [1.29, 1.82) is 0 Å². The Bertz CT molecular complexity index is 957. The third-order valence-corrected chi connectivity index (χ3v) is 5.63. The van der Waals surface area contributed by atoms with Gasteiger partial charge in [0, 0.05) is 32.9 Å². The molecule has 1 fully saturated rings. The average molecular weight is 390 g/mol. The van der Waals surface area contributed by atoms with E-state index in [1.165, 1.54) is 16.7 Å². The van der Waals surface area contributed by atoms with Gasteiger partial charge in [0.25, 0.3) is 5.91 Å². The lowest BCUT2D eigenvalue weighted by atomic mass is 10.0. The molecule has 1 aromatic heterocycles. The van der Waals surface area contributed by atoms with Crippen molar-refractivity contribution in [3.63, 3.8) is 0 Å². The van der Waals surface area contributed by atoms with Gasteiger partial charge in [-0.25, -0.2) is 0 Å². The van der Waals surface area contributed by atoms with E-state index in [0.717, 1.165) is 32.5 Å². The molecule has 3 N–H and O–H groups in total. The third kappa shape index (κ3) is 4.32. The number of carbonyl (C=O) groups is 1. The van der Waals surface area contributed by atoms with E-state index in [2.05, 4.69) is 63.8 Å². The van der Waals surface area contributed by atoms with E-state index in [1.807, 2.05) is 10.7 Å². The van der Waals surface area contributed by atoms with Crippen molar-refractivity contribution >= 4 is 11.7 Å². The van der Waals surface area contributed by atoms with Gasteiger partial charge < -0.3 is 11.1 Å². The summed E-state index contributed by atoms with van der Waals surface area (Å²) >= 11 is 0. The molecule has 4 rings (SSSR count). The Morgan fingerprint density at radius 2 is 1.72 bits per heavy atom. The number of anilines is 1. The number of carbonyl (C=O) groups excluding carboxylic acids is 1. The van der Waals surface area contributed by atoms with Gasteiger partial charge in [-0.15, -0.1) is 0 Å². The van der Waals surface area contributed by atoms with Crippen LogP contribution in [0.25, 0.3) is 11.1 Å². The molecule has 0 spiro atoms. The first-order valence-corrected chi connectivity index (χ1v) is 10.1.